The summed E-state index contributed by atoms with van der Waals surface area (Å²) in [5, 5.41) is 3.75. The van der Waals surface area contributed by atoms with Crippen molar-refractivity contribution in [3.8, 4) is 0 Å². The molecule has 0 aliphatic carbocycles. The normalized spacial score (nSPS) is 24.3. The third kappa shape index (κ3) is 3.62. The first-order valence-corrected chi connectivity index (χ1v) is 8.47. The second kappa shape index (κ2) is 7.07. The van der Waals surface area contributed by atoms with Crippen molar-refractivity contribution in [1.82, 2.24) is 5.32 Å². The second-order valence-electron chi connectivity index (χ2n) is 5.81. The van der Waals surface area contributed by atoms with Gasteiger partial charge in [-0.25, -0.2) is 0 Å². The molecule has 0 saturated carbocycles. The van der Waals surface area contributed by atoms with Gasteiger partial charge in [-0.1, -0.05) is 23.2 Å². The van der Waals surface area contributed by atoms with E-state index in [0.29, 0.717) is 35.2 Å². The largest absolute Gasteiger partial charge is 0.376 e. The molecule has 2 atom stereocenters. The van der Waals surface area contributed by atoms with Gasteiger partial charge in [0.15, 0.2) is 0 Å². The van der Waals surface area contributed by atoms with Crippen LogP contribution in [0.3, 0.4) is 0 Å². The molecule has 1 aromatic carbocycles. The van der Waals surface area contributed by atoms with E-state index in [2.05, 4.69) is 5.32 Å². The molecule has 0 aromatic heterocycles. The number of rotatable bonds is 4. The Morgan fingerprint density at radius 1 is 1.35 bits per heavy atom. The molecule has 0 bridgehead atoms. The highest BCUT2D eigenvalue weighted by atomic mass is 35.5. The lowest BCUT2D eigenvalue weighted by molar-refractivity contribution is -0.132. The lowest BCUT2D eigenvalue weighted by atomic mass is 10.1. The van der Waals surface area contributed by atoms with Crippen molar-refractivity contribution in [2.45, 2.75) is 25.4 Å². The molecule has 2 heterocycles. The molecule has 1 N–H and O–H groups in total. The number of nitrogens with one attached hydrogen (secondary N) is 1. The van der Waals surface area contributed by atoms with Crippen LogP contribution >= 0.6 is 23.2 Å². The minimum Gasteiger partial charge on any atom is -0.376 e. The average molecular weight is 357 g/mol. The predicted octanol–water partition coefficient (Wildman–Crippen LogP) is 2.64. The maximum Gasteiger partial charge on any atom is 0.239 e. The highest BCUT2D eigenvalue weighted by Gasteiger charge is 2.38. The Morgan fingerprint density at radius 2 is 2.17 bits per heavy atom. The zero-order valence-corrected chi connectivity index (χ0v) is 14.1. The van der Waals surface area contributed by atoms with Gasteiger partial charge in [-0.3, -0.25) is 9.59 Å². The molecule has 2 amide bonds. The Kier molecular flexibility index (Phi) is 5.09. The summed E-state index contributed by atoms with van der Waals surface area (Å²) in [6.07, 6.45) is 2.52. The summed E-state index contributed by atoms with van der Waals surface area (Å²) in [5.41, 5.74) is 0.593. The Balaban J connectivity index is 1.62. The number of carbonyl (C=O) groups excluding carboxylic acids is 2. The van der Waals surface area contributed by atoms with Gasteiger partial charge in [0, 0.05) is 24.7 Å². The summed E-state index contributed by atoms with van der Waals surface area (Å²) in [4.78, 5) is 26.3. The summed E-state index contributed by atoms with van der Waals surface area (Å²) in [6.45, 7) is 1.67. The van der Waals surface area contributed by atoms with Crippen molar-refractivity contribution in [3.63, 3.8) is 0 Å². The van der Waals surface area contributed by atoms with Crippen molar-refractivity contribution in [2.24, 2.45) is 5.92 Å². The van der Waals surface area contributed by atoms with E-state index in [9.17, 15) is 9.59 Å². The van der Waals surface area contributed by atoms with Gasteiger partial charge in [-0.2, -0.15) is 0 Å². The topological polar surface area (TPSA) is 58.6 Å². The number of anilines is 1. The first kappa shape index (κ1) is 16.6. The highest BCUT2D eigenvalue weighted by molar-refractivity contribution is 6.37. The quantitative estimate of drug-likeness (QED) is 0.843. The average Bonchev–Trinajstić information content (AvgIpc) is 3.15. The van der Waals surface area contributed by atoms with E-state index in [1.165, 1.54) is 0 Å². The zero-order valence-electron chi connectivity index (χ0n) is 12.6. The number of carbonyl (C=O) groups is 2. The summed E-state index contributed by atoms with van der Waals surface area (Å²) in [5.74, 6) is -1.12. The van der Waals surface area contributed by atoms with E-state index in [0.717, 1.165) is 19.4 Å². The molecule has 2 aliphatic heterocycles. The Labute approximate surface area is 144 Å². The van der Waals surface area contributed by atoms with Crippen LogP contribution < -0.4 is 10.2 Å². The van der Waals surface area contributed by atoms with E-state index in [1.54, 1.807) is 23.1 Å². The van der Waals surface area contributed by atoms with Crippen LogP contribution in [-0.2, 0) is 14.3 Å². The number of halogens is 2. The van der Waals surface area contributed by atoms with Gasteiger partial charge in [0.05, 0.1) is 16.8 Å². The van der Waals surface area contributed by atoms with Gasteiger partial charge < -0.3 is 15.0 Å². The standard InChI is InChI=1S/C16H18Cl2N2O3/c17-10-3-4-14(13(18)8-10)20-6-5-12(16(20)22)15(21)19-9-11-2-1-7-23-11/h3-4,8,11-12H,1-2,5-7,9H2,(H,19,21)/t11-,12-/m0/s1. The van der Waals surface area contributed by atoms with E-state index >= 15 is 0 Å². The first-order valence-electron chi connectivity index (χ1n) is 7.72. The van der Waals surface area contributed by atoms with Gasteiger partial charge in [0.2, 0.25) is 11.8 Å². The molecule has 0 spiro atoms. The number of benzene rings is 1. The number of amides is 2. The highest BCUT2D eigenvalue weighted by Crippen LogP contribution is 2.33. The lowest BCUT2D eigenvalue weighted by Crippen LogP contribution is -2.40. The van der Waals surface area contributed by atoms with Crippen LogP contribution in [0.4, 0.5) is 5.69 Å². The van der Waals surface area contributed by atoms with E-state index < -0.39 is 5.92 Å². The van der Waals surface area contributed by atoms with Gasteiger partial charge in [-0.15, -0.1) is 0 Å². The molecule has 1 aromatic rings. The van der Waals surface area contributed by atoms with Gasteiger partial charge in [-0.05, 0) is 37.5 Å². The van der Waals surface area contributed by atoms with Crippen LogP contribution in [0.5, 0.6) is 0 Å². The first-order chi connectivity index (χ1) is 11.1. The molecule has 0 unspecified atom stereocenters. The number of ether oxygens (including phenoxy) is 1. The summed E-state index contributed by atoms with van der Waals surface area (Å²) in [7, 11) is 0. The molecule has 0 radical (unpaired) electrons. The van der Waals surface area contributed by atoms with E-state index in [1.807, 2.05) is 0 Å². The fourth-order valence-electron chi connectivity index (χ4n) is 3.01. The molecule has 5 nitrogen and oxygen atoms in total. The minimum atomic E-state index is -0.664. The molecule has 23 heavy (non-hydrogen) atoms. The van der Waals surface area contributed by atoms with Crippen molar-refractivity contribution in [1.29, 1.82) is 0 Å². The minimum absolute atomic E-state index is 0.0669. The Bertz CT molecular complexity index is 617. The van der Waals surface area contributed by atoms with Crippen molar-refractivity contribution < 1.29 is 14.3 Å². The Hall–Kier alpha value is -1.30. The van der Waals surface area contributed by atoms with Crippen LogP contribution in [0, 0.1) is 5.92 Å². The number of hydrogen-bond acceptors (Lipinski definition) is 3. The van der Waals surface area contributed by atoms with E-state index in [-0.39, 0.29) is 17.9 Å². The SMILES string of the molecule is O=C(NC[C@@H]1CCCO1)[C@@H]1CCN(c2ccc(Cl)cc2Cl)C1=O. The second-order valence-corrected chi connectivity index (χ2v) is 6.65. The van der Waals surface area contributed by atoms with Crippen LogP contribution in [0.1, 0.15) is 19.3 Å². The van der Waals surface area contributed by atoms with Gasteiger partial charge >= 0.3 is 0 Å². The van der Waals surface area contributed by atoms with Gasteiger partial charge in [0.1, 0.15) is 5.92 Å². The number of nitrogens with zero attached hydrogens (tertiary/aromatic N) is 1. The van der Waals surface area contributed by atoms with Gasteiger partial charge in [0.25, 0.3) is 0 Å². The van der Waals surface area contributed by atoms with Crippen LogP contribution in [0.25, 0.3) is 0 Å². The van der Waals surface area contributed by atoms with Crippen LogP contribution in [0.2, 0.25) is 10.0 Å². The van der Waals surface area contributed by atoms with E-state index in [4.69, 9.17) is 27.9 Å². The molecule has 2 aliphatic rings. The summed E-state index contributed by atoms with van der Waals surface area (Å²) >= 11 is 12.0. The molecule has 124 valence electrons. The van der Waals surface area contributed by atoms with Crippen molar-refractivity contribution in [2.75, 3.05) is 24.6 Å². The number of hydrogen-bond donors (Lipinski definition) is 1. The third-order valence-electron chi connectivity index (χ3n) is 4.25. The molecule has 3 rings (SSSR count). The summed E-state index contributed by atoms with van der Waals surface area (Å²) in [6, 6.07) is 4.98. The van der Waals surface area contributed by atoms with Crippen LogP contribution in [0.15, 0.2) is 18.2 Å². The molecular weight excluding hydrogens is 339 g/mol. The Morgan fingerprint density at radius 3 is 2.87 bits per heavy atom. The fraction of sp³-hybridized carbons (Fsp3) is 0.500. The maximum atomic E-state index is 12.5. The van der Waals surface area contributed by atoms with Crippen molar-refractivity contribution in [3.05, 3.63) is 28.2 Å². The smallest absolute Gasteiger partial charge is 0.239 e. The maximum absolute atomic E-state index is 12.5. The zero-order chi connectivity index (χ0) is 16.4. The fourth-order valence-corrected chi connectivity index (χ4v) is 3.52. The third-order valence-corrected chi connectivity index (χ3v) is 4.79. The van der Waals surface area contributed by atoms with Crippen molar-refractivity contribution >= 4 is 40.7 Å². The predicted molar refractivity (Wildman–Crippen MR) is 88.9 cm³/mol. The molecule has 7 heteroatoms. The van der Waals surface area contributed by atoms with Crippen LogP contribution in [-0.4, -0.2) is 37.6 Å². The summed E-state index contributed by atoms with van der Waals surface area (Å²) < 4.78 is 5.47. The molecule has 2 fully saturated rings. The lowest BCUT2D eigenvalue weighted by Gasteiger charge is -2.18. The molecule has 2 saturated heterocycles. The molecular formula is C16H18Cl2N2O3. The monoisotopic (exact) mass is 356 g/mol.